The molecule has 1 heteroatoms. The van der Waals surface area contributed by atoms with Crippen molar-refractivity contribution in [1.82, 2.24) is 0 Å². The molecule has 0 saturated heterocycles. The molecule has 0 N–H and O–H groups in total. The molecular weight excluding hydrogens is 171 g/mol. The first-order chi connectivity index (χ1) is 4.13. The van der Waals surface area contributed by atoms with Crippen LogP contribution in [0.4, 0.5) is 0 Å². The van der Waals surface area contributed by atoms with Gasteiger partial charge in [-0.05, 0) is 0 Å². The predicted octanol–water partition coefficient (Wildman–Crippen LogP) is 2.29. The molecule has 0 unspecified atom stereocenters. The van der Waals surface area contributed by atoms with Gasteiger partial charge in [0.1, 0.15) is 0 Å². The van der Waals surface area contributed by atoms with Crippen LogP contribution in [0.3, 0.4) is 0 Å². The third-order valence-corrected chi connectivity index (χ3v) is 4.80. The minimum atomic E-state index is 0.430. The molecule has 9 heavy (non-hydrogen) atoms. The molecule has 0 nitrogen and oxygen atoms in total. The number of hydrogen-bond acceptors (Lipinski definition) is 0. The summed E-state index contributed by atoms with van der Waals surface area (Å²) in [5.74, 6) is 0. The van der Waals surface area contributed by atoms with Crippen LogP contribution in [0.25, 0.3) is 0 Å². The molecule has 49 valence electrons. The van der Waals surface area contributed by atoms with Crippen LogP contribution >= 0.6 is 0 Å². The third-order valence-electron chi connectivity index (χ3n) is 1.98. The molecule has 0 saturated carbocycles. The van der Waals surface area contributed by atoms with E-state index in [-0.39, 0.29) is 0 Å². The molecule has 1 radical (unpaired) electrons. The van der Waals surface area contributed by atoms with Crippen molar-refractivity contribution in [2.45, 2.75) is 27.7 Å². The number of allylic oxidation sites excluding steroid dienone is 4. The van der Waals surface area contributed by atoms with Crippen molar-refractivity contribution >= 4 is 15.8 Å². The Labute approximate surface area is 63.7 Å². The summed E-state index contributed by atoms with van der Waals surface area (Å²) in [6, 6.07) is 0. The van der Waals surface area contributed by atoms with Gasteiger partial charge in [0.15, 0.2) is 0 Å². The Morgan fingerprint density at radius 3 is 1.22 bits per heavy atom. The fraction of sp³-hybridized carbons (Fsp3) is 0.500. The number of rotatable bonds is 0. The molecule has 1 rings (SSSR count). The van der Waals surface area contributed by atoms with E-state index in [1.54, 1.807) is 19.9 Å². The summed E-state index contributed by atoms with van der Waals surface area (Å²) in [5, 5.41) is 0. The van der Waals surface area contributed by atoms with E-state index in [0.29, 0.717) is 15.8 Å². The summed E-state index contributed by atoms with van der Waals surface area (Å²) in [7, 11) is 0. The van der Waals surface area contributed by atoms with Gasteiger partial charge in [0.25, 0.3) is 0 Å². The Kier molecular flexibility index (Phi) is 1.86. The molecule has 1 aliphatic heterocycles. The molecule has 0 aromatic rings. The van der Waals surface area contributed by atoms with Gasteiger partial charge in [-0.15, -0.1) is 0 Å². The second kappa shape index (κ2) is 2.34. The van der Waals surface area contributed by atoms with E-state index in [9.17, 15) is 0 Å². The van der Waals surface area contributed by atoms with E-state index < -0.39 is 0 Å². The first-order valence-electron chi connectivity index (χ1n) is 3.20. The second-order valence-corrected chi connectivity index (χ2v) is 5.82. The van der Waals surface area contributed by atoms with Gasteiger partial charge in [0.05, 0.1) is 0 Å². The third kappa shape index (κ3) is 1.14. The van der Waals surface area contributed by atoms with Crippen molar-refractivity contribution in [1.29, 1.82) is 0 Å². The van der Waals surface area contributed by atoms with E-state index in [1.165, 1.54) is 0 Å². The summed E-state index contributed by atoms with van der Waals surface area (Å²) in [4.78, 5) is 0. The maximum absolute atomic E-state index is 2.26. The van der Waals surface area contributed by atoms with E-state index in [2.05, 4.69) is 27.7 Å². The fourth-order valence-corrected chi connectivity index (χ4v) is 3.42. The normalized spacial score (nSPS) is 20.0. The summed E-state index contributed by atoms with van der Waals surface area (Å²) >= 11 is 0.430. The van der Waals surface area contributed by atoms with Crippen molar-refractivity contribution in [3.05, 3.63) is 19.9 Å². The van der Waals surface area contributed by atoms with Gasteiger partial charge < -0.3 is 0 Å². The van der Waals surface area contributed by atoms with Gasteiger partial charge in [-0.2, -0.15) is 0 Å². The zero-order chi connectivity index (χ0) is 7.02. The van der Waals surface area contributed by atoms with Crippen LogP contribution in [0, 0.1) is 0 Å². The minimum absolute atomic E-state index is 0.430. The average molecular weight is 183 g/mol. The standard InChI is InChI=1S/C8H12As/c1-5-6(2)8(4)9-7(5)3/h1-4H3. The SMILES string of the molecule is CC1=C(C)C(C)=C(C)[As]1. The van der Waals surface area contributed by atoms with Crippen molar-refractivity contribution in [3.63, 3.8) is 0 Å². The van der Waals surface area contributed by atoms with Crippen LogP contribution in [0.2, 0.25) is 0 Å². The summed E-state index contributed by atoms with van der Waals surface area (Å²) in [6.07, 6.45) is 0. The van der Waals surface area contributed by atoms with Crippen LogP contribution in [-0.2, 0) is 0 Å². The quantitative estimate of drug-likeness (QED) is 0.505. The molecule has 0 aromatic heterocycles. The Morgan fingerprint density at radius 2 is 1.11 bits per heavy atom. The van der Waals surface area contributed by atoms with E-state index in [0.717, 1.165) is 0 Å². The second-order valence-electron chi connectivity index (χ2n) is 2.53. The van der Waals surface area contributed by atoms with E-state index in [4.69, 9.17) is 0 Å². The molecule has 1 aliphatic rings. The van der Waals surface area contributed by atoms with Gasteiger partial charge >= 0.3 is 63.3 Å². The average Bonchev–Trinajstić information content (AvgIpc) is 1.98. The van der Waals surface area contributed by atoms with Crippen LogP contribution in [0.1, 0.15) is 27.7 Å². The first kappa shape index (κ1) is 7.15. The zero-order valence-corrected chi connectivity index (χ0v) is 8.32. The van der Waals surface area contributed by atoms with Crippen molar-refractivity contribution in [2.24, 2.45) is 0 Å². The molecule has 0 aromatic carbocycles. The molecule has 0 spiro atoms. The van der Waals surface area contributed by atoms with Crippen molar-refractivity contribution in [2.75, 3.05) is 0 Å². The van der Waals surface area contributed by atoms with Gasteiger partial charge in [0, 0.05) is 0 Å². The van der Waals surface area contributed by atoms with Gasteiger partial charge in [-0.25, -0.2) is 0 Å². The van der Waals surface area contributed by atoms with Crippen LogP contribution in [-0.4, -0.2) is 15.8 Å². The Bertz CT molecular complexity index is 175. The fourth-order valence-electron chi connectivity index (χ4n) is 0.962. The maximum atomic E-state index is 2.26. The predicted molar refractivity (Wildman–Crippen MR) is 42.5 cm³/mol. The van der Waals surface area contributed by atoms with Gasteiger partial charge in [0.2, 0.25) is 0 Å². The van der Waals surface area contributed by atoms with E-state index >= 15 is 0 Å². The van der Waals surface area contributed by atoms with Crippen molar-refractivity contribution in [3.8, 4) is 0 Å². The van der Waals surface area contributed by atoms with Gasteiger partial charge in [-0.3, -0.25) is 0 Å². The molecule has 0 fully saturated rings. The summed E-state index contributed by atoms with van der Waals surface area (Å²) in [6.45, 7) is 8.98. The van der Waals surface area contributed by atoms with Crippen LogP contribution < -0.4 is 0 Å². The van der Waals surface area contributed by atoms with Crippen molar-refractivity contribution < 1.29 is 0 Å². The zero-order valence-electron chi connectivity index (χ0n) is 6.45. The van der Waals surface area contributed by atoms with Crippen LogP contribution in [0.5, 0.6) is 0 Å². The Morgan fingerprint density at radius 1 is 0.778 bits per heavy atom. The molecule has 0 aliphatic carbocycles. The molecular formula is C8H12As. The summed E-state index contributed by atoms with van der Waals surface area (Å²) < 4.78 is 3.28. The Hall–Kier alpha value is 0.0384. The van der Waals surface area contributed by atoms with Gasteiger partial charge in [-0.1, -0.05) is 0 Å². The molecule has 0 atom stereocenters. The summed E-state index contributed by atoms with van der Waals surface area (Å²) in [5.41, 5.74) is 3.10. The van der Waals surface area contributed by atoms with Crippen LogP contribution in [0.15, 0.2) is 19.9 Å². The first-order valence-corrected chi connectivity index (χ1v) is 5.07. The Balaban J connectivity index is 2.97. The molecule has 0 bridgehead atoms. The molecule has 0 amide bonds. The number of hydrogen-bond donors (Lipinski definition) is 0. The van der Waals surface area contributed by atoms with E-state index in [1.807, 2.05) is 0 Å². The molecule has 1 heterocycles. The monoisotopic (exact) mass is 183 g/mol. The topological polar surface area (TPSA) is 0 Å².